The molecule has 6 heteroatoms. The molecule has 2 aromatic carbocycles. The number of nitrogens with zero attached hydrogens (tertiary/aromatic N) is 3. The van der Waals surface area contributed by atoms with Crippen LogP contribution in [0.25, 0.3) is 0 Å². The number of nitro groups is 1. The van der Waals surface area contributed by atoms with E-state index in [1.54, 1.807) is 31.3 Å². The SMILES string of the molecule is CN(C(=O)c1cccc([N+](=O)[O-])c1)c1cccc(C#N)c1. The molecule has 0 spiro atoms. The Hall–Kier alpha value is -3.20. The van der Waals surface area contributed by atoms with Gasteiger partial charge < -0.3 is 4.90 Å². The number of hydrogen-bond acceptors (Lipinski definition) is 4. The van der Waals surface area contributed by atoms with Gasteiger partial charge in [-0.25, -0.2) is 0 Å². The van der Waals surface area contributed by atoms with Crippen molar-refractivity contribution >= 4 is 17.3 Å². The van der Waals surface area contributed by atoms with Gasteiger partial charge in [-0.1, -0.05) is 12.1 Å². The van der Waals surface area contributed by atoms with Crippen LogP contribution >= 0.6 is 0 Å². The van der Waals surface area contributed by atoms with E-state index in [1.165, 1.54) is 29.2 Å². The maximum atomic E-state index is 12.3. The zero-order valence-electron chi connectivity index (χ0n) is 11.2. The third-order valence-corrected chi connectivity index (χ3v) is 2.97. The van der Waals surface area contributed by atoms with E-state index in [-0.39, 0.29) is 17.2 Å². The van der Waals surface area contributed by atoms with E-state index in [2.05, 4.69) is 0 Å². The molecule has 0 atom stereocenters. The predicted octanol–water partition coefficient (Wildman–Crippen LogP) is 2.74. The highest BCUT2D eigenvalue weighted by atomic mass is 16.6. The summed E-state index contributed by atoms with van der Waals surface area (Å²) >= 11 is 0. The highest BCUT2D eigenvalue weighted by Gasteiger charge is 2.16. The van der Waals surface area contributed by atoms with Crippen molar-refractivity contribution in [1.82, 2.24) is 0 Å². The summed E-state index contributed by atoms with van der Waals surface area (Å²) in [5.41, 5.74) is 1.06. The van der Waals surface area contributed by atoms with Crippen LogP contribution in [0.4, 0.5) is 11.4 Å². The number of nitro benzene ring substituents is 1. The van der Waals surface area contributed by atoms with Crippen LogP contribution < -0.4 is 4.90 Å². The van der Waals surface area contributed by atoms with Gasteiger partial charge >= 0.3 is 0 Å². The Bertz CT molecular complexity index is 750. The first-order valence-corrected chi connectivity index (χ1v) is 6.05. The van der Waals surface area contributed by atoms with Gasteiger partial charge in [-0.2, -0.15) is 5.26 Å². The monoisotopic (exact) mass is 281 g/mol. The van der Waals surface area contributed by atoms with Crippen LogP contribution in [0.15, 0.2) is 48.5 Å². The number of hydrogen-bond donors (Lipinski definition) is 0. The molecule has 0 aromatic heterocycles. The molecule has 0 aliphatic heterocycles. The topological polar surface area (TPSA) is 87.2 Å². The third-order valence-electron chi connectivity index (χ3n) is 2.97. The average molecular weight is 281 g/mol. The van der Waals surface area contributed by atoms with E-state index in [9.17, 15) is 14.9 Å². The molecule has 0 fully saturated rings. The number of rotatable bonds is 3. The zero-order valence-corrected chi connectivity index (χ0v) is 11.2. The number of anilines is 1. The molecule has 0 saturated heterocycles. The molecular formula is C15H11N3O3. The fourth-order valence-electron chi connectivity index (χ4n) is 1.85. The Morgan fingerprint density at radius 1 is 1.24 bits per heavy atom. The molecular weight excluding hydrogens is 270 g/mol. The van der Waals surface area contributed by atoms with E-state index in [0.29, 0.717) is 11.3 Å². The molecule has 0 aliphatic carbocycles. The molecule has 2 rings (SSSR count). The molecule has 0 saturated carbocycles. The van der Waals surface area contributed by atoms with Crippen LogP contribution in [0.1, 0.15) is 15.9 Å². The van der Waals surface area contributed by atoms with E-state index in [1.807, 2.05) is 6.07 Å². The highest BCUT2D eigenvalue weighted by molar-refractivity contribution is 6.06. The minimum atomic E-state index is -0.549. The average Bonchev–Trinajstić information content (AvgIpc) is 2.53. The summed E-state index contributed by atoms with van der Waals surface area (Å²) in [6, 6.07) is 14.1. The van der Waals surface area contributed by atoms with Crippen LogP contribution in [-0.2, 0) is 0 Å². The normalized spacial score (nSPS) is 9.71. The standard InChI is InChI=1S/C15H11N3O3/c1-17(13-6-2-4-11(8-13)10-16)15(19)12-5-3-7-14(9-12)18(20)21/h2-9H,1H3. The van der Waals surface area contributed by atoms with Gasteiger partial charge in [0, 0.05) is 30.4 Å². The van der Waals surface area contributed by atoms with Crippen LogP contribution in [-0.4, -0.2) is 17.9 Å². The molecule has 0 N–H and O–H groups in total. The molecule has 1 amide bonds. The summed E-state index contributed by atoms with van der Waals surface area (Å²) in [6.45, 7) is 0. The van der Waals surface area contributed by atoms with E-state index >= 15 is 0 Å². The maximum absolute atomic E-state index is 12.3. The van der Waals surface area contributed by atoms with Crippen molar-refractivity contribution in [2.24, 2.45) is 0 Å². The van der Waals surface area contributed by atoms with E-state index < -0.39 is 4.92 Å². The highest BCUT2D eigenvalue weighted by Crippen LogP contribution is 2.19. The van der Waals surface area contributed by atoms with Gasteiger partial charge in [0.15, 0.2) is 0 Å². The van der Waals surface area contributed by atoms with E-state index in [4.69, 9.17) is 5.26 Å². The van der Waals surface area contributed by atoms with Crippen molar-refractivity contribution in [1.29, 1.82) is 5.26 Å². The molecule has 0 unspecified atom stereocenters. The van der Waals surface area contributed by atoms with Crippen LogP contribution in [0.2, 0.25) is 0 Å². The zero-order chi connectivity index (χ0) is 15.4. The van der Waals surface area contributed by atoms with E-state index in [0.717, 1.165) is 0 Å². The fraction of sp³-hybridized carbons (Fsp3) is 0.0667. The lowest BCUT2D eigenvalue weighted by Gasteiger charge is -2.17. The minimum Gasteiger partial charge on any atom is -0.311 e. The smallest absolute Gasteiger partial charge is 0.270 e. The van der Waals surface area contributed by atoms with Crippen molar-refractivity contribution < 1.29 is 9.72 Å². The van der Waals surface area contributed by atoms with Crippen molar-refractivity contribution in [3.05, 3.63) is 69.8 Å². The quantitative estimate of drug-likeness (QED) is 0.639. The second kappa shape index (κ2) is 5.84. The Labute approximate surface area is 121 Å². The molecule has 104 valence electrons. The molecule has 0 heterocycles. The lowest BCUT2D eigenvalue weighted by atomic mass is 10.1. The number of carbonyl (C=O) groups is 1. The summed E-state index contributed by atoms with van der Waals surface area (Å²) in [5.74, 6) is -0.381. The van der Waals surface area contributed by atoms with Gasteiger partial charge in [0.05, 0.1) is 16.6 Å². The molecule has 0 radical (unpaired) electrons. The van der Waals surface area contributed by atoms with Crippen molar-refractivity contribution in [3.8, 4) is 6.07 Å². The largest absolute Gasteiger partial charge is 0.311 e. The molecule has 0 aliphatic rings. The number of non-ortho nitro benzene ring substituents is 1. The Kier molecular flexibility index (Phi) is 3.95. The van der Waals surface area contributed by atoms with Gasteiger partial charge in [0.25, 0.3) is 11.6 Å². The first-order valence-electron chi connectivity index (χ1n) is 6.05. The molecule has 2 aromatic rings. The van der Waals surface area contributed by atoms with Crippen molar-refractivity contribution in [3.63, 3.8) is 0 Å². The van der Waals surface area contributed by atoms with Gasteiger partial charge in [-0.15, -0.1) is 0 Å². The van der Waals surface area contributed by atoms with Gasteiger partial charge in [0.2, 0.25) is 0 Å². The van der Waals surface area contributed by atoms with Gasteiger partial charge in [-0.05, 0) is 24.3 Å². The van der Waals surface area contributed by atoms with Gasteiger partial charge in [-0.3, -0.25) is 14.9 Å². The Morgan fingerprint density at radius 3 is 2.62 bits per heavy atom. The Balaban J connectivity index is 2.33. The lowest BCUT2D eigenvalue weighted by molar-refractivity contribution is -0.384. The lowest BCUT2D eigenvalue weighted by Crippen LogP contribution is -2.26. The maximum Gasteiger partial charge on any atom is 0.270 e. The molecule has 6 nitrogen and oxygen atoms in total. The Morgan fingerprint density at radius 2 is 1.95 bits per heavy atom. The summed E-state index contributed by atoms with van der Waals surface area (Å²) in [4.78, 5) is 23.9. The van der Waals surface area contributed by atoms with Crippen LogP contribution in [0.3, 0.4) is 0 Å². The number of nitriles is 1. The molecule has 21 heavy (non-hydrogen) atoms. The third kappa shape index (κ3) is 3.04. The molecule has 0 bridgehead atoms. The second-order valence-electron chi connectivity index (χ2n) is 4.33. The van der Waals surface area contributed by atoms with Crippen molar-refractivity contribution in [2.45, 2.75) is 0 Å². The van der Waals surface area contributed by atoms with Crippen molar-refractivity contribution in [2.75, 3.05) is 11.9 Å². The summed E-state index contributed by atoms with van der Waals surface area (Å²) in [6.07, 6.45) is 0. The second-order valence-corrected chi connectivity index (χ2v) is 4.33. The first kappa shape index (κ1) is 14.2. The van der Waals surface area contributed by atoms with Crippen LogP contribution in [0.5, 0.6) is 0 Å². The number of amides is 1. The fourth-order valence-corrected chi connectivity index (χ4v) is 1.85. The minimum absolute atomic E-state index is 0.139. The number of carbonyl (C=O) groups excluding carboxylic acids is 1. The van der Waals surface area contributed by atoms with Gasteiger partial charge in [0.1, 0.15) is 0 Å². The number of benzene rings is 2. The summed E-state index contributed by atoms with van der Waals surface area (Å²) in [7, 11) is 1.55. The predicted molar refractivity (Wildman–Crippen MR) is 77.0 cm³/mol. The first-order chi connectivity index (χ1) is 10.0. The van der Waals surface area contributed by atoms with Crippen LogP contribution in [0, 0.1) is 21.4 Å². The summed E-state index contributed by atoms with van der Waals surface area (Å²) in [5, 5.41) is 19.6. The summed E-state index contributed by atoms with van der Waals surface area (Å²) < 4.78 is 0.